The molecule has 0 aromatic heterocycles. The van der Waals surface area contributed by atoms with Crippen molar-refractivity contribution in [3.05, 3.63) is 23.4 Å². The van der Waals surface area contributed by atoms with Crippen LogP contribution in [0.15, 0.2) is 28.4 Å². The fourth-order valence-corrected chi connectivity index (χ4v) is 1.06. The van der Waals surface area contributed by atoms with Crippen molar-refractivity contribution in [1.82, 2.24) is 0 Å². The van der Waals surface area contributed by atoms with Gasteiger partial charge in [0.15, 0.2) is 0 Å². The lowest BCUT2D eigenvalue weighted by atomic mass is 10.1. The normalized spacial score (nSPS) is 22.8. The molecule has 0 atom stereocenters. The van der Waals surface area contributed by atoms with Crippen molar-refractivity contribution < 1.29 is 4.74 Å². The van der Waals surface area contributed by atoms with Gasteiger partial charge in [-0.05, 0) is 32.8 Å². The summed E-state index contributed by atoms with van der Waals surface area (Å²) < 4.78 is 5.07. The summed E-state index contributed by atoms with van der Waals surface area (Å²) >= 11 is 0. The highest BCUT2D eigenvalue weighted by Crippen LogP contribution is 2.13. The van der Waals surface area contributed by atoms with Crippen molar-refractivity contribution in [2.45, 2.75) is 26.7 Å². The first-order valence-electron chi connectivity index (χ1n) is 4.17. The minimum Gasteiger partial charge on any atom is -0.481 e. The standard InChI is InChI=1S/C10H15NO/c1-8-4-5-9(2)7-11-10(6-8)12-3/h6-7H,4-5H2,1-3H3/b8-6?,9-7+,11-10?. The van der Waals surface area contributed by atoms with Gasteiger partial charge < -0.3 is 4.74 Å². The first-order chi connectivity index (χ1) is 5.72. The molecule has 2 heteroatoms. The van der Waals surface area contributed by atoms with Gasteiger partial charge in [0.1, 0.15) is 0 Å². The molecule has 0 fully saturated rings. The molecule has 2 nitrogen and oxygen atoms in total. The maximum absolute atomic E-state index is 5.07. The Kier molecular flexibility index (Phi) is 3.09. The summed E-state index contributed by atoms with van der Waals surface area (Å²) in [6.45, 7) is 4.20. The quantitative estimate of drug-likeness (QED) is 0.540. The van der Waals surface area contributed by atoms with E-state index in [0.717, 1.165) is 12.8 Å². The Morgan fingerprint density at radius 3 is 2.58 bits per heavy atom. The lowest BCUT2D eigenvalue weighted by Gasteiger charge is -2.06. The van der Waals surface area contributed by atoms with Crippen molar-refractivity contribution >= 4 is 5.90 Å². The number of hydrogen-bond acceptors (Lipinski definition) is 2. The van der Waals surface area contributed by atoms with Crippen molar-refractivity contribution in [2.24, 2.45) is 4.99 Å². The average Bonchev–Trinajstić information content (AvgIpc) is 2.06. The van der Waals surface area contributed by atoms with Crippen molar-refractivity contribution in [1.29, 1.82) is 0 Å². The molecule has 12 heavy (non-hydrogen) atoms. The van der Waals surface area contributed by atoms with E-state index in [-0.39, 0.29) is 0 Å². The second-order valence-corrected chi connectivity index (χ2v) is 3.14. The first-order valence-corrected chi connectivity index (χ1v) is 4.17. The predicted molar refractivity (Wildman–Crippen MR) is 51.2 cm³/mol. The number of hydrogen-bond donors (Lipinski definition) is 0. The third kappa shape index (κ3) is 2.53. The lowest BCUT2D eigenvalue weighted by molar-refractivity contribution is 0.406. The van der Waals surface area contributed by atoms with E-state index in [0.29, 0.717) is 5.90 Å². The first kappa shape index (κ1) is 9.04. The Morgan fingerprint density at radius 2 is 1.92 bits per heavy atom. The number of aliphatic imine (C=N–C) groups is 1. The van der Waals surface area contributed by atoms with Crippen LogP contribution >= 0.6 is 0 Å². The molecular formula is C10H15NO. The largest absolute Gasteiger partial charge is 0.481 e. The molecule has 0 aromatic carbocycles. The van der Waals surface area contributed by atoms with Crippen molar-refractivity contribution in [3.8, 4) is 0 Å². The van der Waals surface area contributed by atoms with Crippen LogP contribution in [0.3, 0.4) is 0 Å². The van der Waals surface area contributed by atoms with Crippen molar-refractivity contribution in [2.75, 3.05) is 7.11 Å². The summed E-state index contributed by atoms with van der Waals surface area (Å²) in [5.74, 6) is 0.701. The van der Waals surface area contributed by atoms with Crippen LogP contribution in [0.25, 0.3) is 0 Å². The van der Waals surface area contributed by atoms with Gasteiger partial charge in [0.2, 0.25) is 5.90 Å². The third-order valence-electron chi connectivity index (χ3n) is 1.90. The zero-order valence-corrected chi connectivity index (χ0v) is 7.92. The molecule has 1 heterocycles. The molecule has 1 aliphatic rings. The number of nitrogens with zero attached hydrogens (tertiary/aromatic N) is 1. The fourth-order valence-electron chi connectivity index (χ4n) is 1.06. The maximum Gasteiger partial charge on any atom is 0.212 e. The molecule has 0 bridgehead atoms. The minimum atomic E-state index is 0.701. The Labute approximate surface area is 73.6 Å². The summed E-state index contributed by atoms with van der Waals surface area (Å²) in [7, 11) is 1.65. The van der Waals surface area contributed by atoms with Gasteiger partial charge >= 0.3 is 0 Å². The van der Waals surface area contributed by atoms with Crippen LogP contribution in [-0.4, -0.2) is 13.0 Å². The SMILES string of the molecule is COC1=N/C=C(\C)CCC(C)=C1. The number of ether oxygens (including phenoxy) is 1. The topological polar surface area (TPSA) is 21.6 Å². The number of rotatable bonds is 0. The maximum atomic E-state index is 5.07. The number of methoxy groups -OCH3 is 1. The molecule has 0 spiro atoms. The highest BCUT2D eigenvalue weighted by atomic mass is 16.5. The van der Waals surface area contributed by atoms with Gasteiger partial charge in [-0.25, -0.2) is 4.99 Å². The van der Waals surface area contributed by atoms with Gasteiger partial charge in [-0.2, -0.15) is 0 Å². The smallest absolute Gasteiger partial charge is 0.212 e. The number of allylic oxidation sites excluding steroid dienone is 2. The monoisotopic (exact) mass is 165 g/mol. The highest BCUT2D eigenvalue weighted by molar-refractivity contribution is 5.88. The van der Waals surface area contributed by atoms with Crippen LogP contribution in [0.5, 0.6) is 0 Å². The minimum absolute atomic E-state index is 0.701. The molecule has 0 N–H and O–H groups in total. The summed E-state index contributed by atoms with van der Waals surface area (Å²) in [6.07, 6.45) is 6.07. The average molecular weight is 165 g/mol. The van der Waals surface area contributed by atoms with E-state index < -0.39 is 0 Å². The van der Waals surface area contributed by atoms with Gasteiger partial charge in [-0.1, -0.05) is 11.1 Å². The highest BCUT2D eigenvalue weighted by Gasteiger charge is 2.00. The zero-order chi connectivity index (χ0) is 8.97. The molecule has 0 saturated heterocycles. The summed E-state index contributed by atoms with van der Waals surface area (Å²) in [4.78, 5) is 4.19. The van der Waals surface area contributed by atoms with Gasteiger partial charge in [0, 0.05) is 6.20 Å². The third-order valence-corrected chi connectivity index (χ3v) is 1.90. The summed E-state index contributed by atoms with van der Waals surface area (Å²) in [6, 6.07) is 0. The van der Waals surface area contributed by atoms with Crippen LogP contribution in [0.4, 0.5) is 0 Å². The second kappa shape index (κ2) is 4.10. The van der Waals surface area contributed by atoms with E-state index in [4.69, 9.17) is 4.74 Å². The molecule has 0 saturated carbocycles. The van der Waals surface area contributed by atoms with Crippen LogP contribution in [0, 0.1) is 0 Å². The summed E-state index contributed by atoms with van der Waals surface area (Å²) in [5, 5.41) is 0. The second-order valence-electron chi connectivity index (χ2n) is 3.14. The van der Waals surface area contributed by atoms with E-state index in [1.54, 1.807) is 7.11 Å². The van der Waals surface area contributed by atoms with E-state index in [9.17, 15) is 0 Å². The van der Waals surface area contributed by atoms with Gasteiger partial charge in [0.25, 0.3) is 0 Å². The van der Waals surface area contributed by atoms with E-state index in [1.807, 2.05) is 12.3 Å². The molecular weight excluding hydrogens is 150 g/mol. The van der Waals surface area contributed by atoms with Gasteiger partial charge in [-0.3, -0.25) is 0 Å². The molecule has 1 aliphatic heterocycles. The predicted octanol–water partition coefficient (Wildman–Crippen LogP) is 2.68. The Bertz CT molecular complexity index is 249. The molecule has 0 aliphatic carbocycles. The Morgan fingerprint density at radius 1 is 1.25 bits per heavy atom. The zero-order valence-electron chi connectivity index (χ0n) is 7.92. The molecule has 1 rings (SSSR count). The van der Waals surface area contributed by atoms with Crippen LogP contribution < -0.4 is 0 Å². The van der Waals surface area contributed by atoms with Gasteiger partial charge in [-0.15, -0.1) is 0 Å². The van der Waals surface area contributed by atoms with E-state index in [1.165, 1.54) is 11.1 Å². The summed E-state index contributed by atoms with van der Waals surface area (Å²) in [5.41, 5.74) is 2.63. The van der Waals surface area contributed by atoms with Crippen LogP contribution in [0.1, 0.15) is 26.7 Å². The van der Waals surface area contributed by atoms with Crippen LogP contribution in [0.2, 0.25) is 0 Å². The molecule has 66 valence electrons. The Hall–Kier alpha value is -1.05. The molecule has 0 aromatic rings. The molecule has 0 radical (unpaired) electrons. The van der Waals surface area contributed by atoms with E-state index >= 15 is 0 Å². The van der Waals surface area contributed by atoms with Crippen LogP contribution in [-0.2, 0) is 4.74 Å². The molecule has 0 amide bonds. The Balaban J connectivity index is 2.86. The molecule has 0 unspecified atom stereocenters. The van der Waals surface area contributed by atoms with Gasteiger partial charge in [0.05, 0.1) is 7.11 Å². The lowest BCUT2D eigenvalue weighted by Crippen LogP contribution is -1.99. The van der Waals surface area contributed by atoms with E-state index in [2.05, 4.69) is 18.8 Å². The van der Waals surface area contributed by atoms with Crippen molar-refractivity contribution in [3.63, 3.8) is 0 Å². The fraction of sp³-hybridized carbons (Fsp3) is 0.500.